The highest BCUT2D eigenvalue weighted by molar-refractivity contribution is 8.00. The van der Waals surface area contributed by atoms with Crippen molar-refractivity contribution in [1.82, 2.24) is 10.6 Å². The molecule has 134 valence electrons. The van der Waals surface area contributed by atoms with E-state index in [1.54, 1.807) is 0 Å². The summed E-state index contributed by atoms with van der Waals surface area (Å²) in [5, 5.41) is 6.76. The lowest BCUT2D eigenvalue weighted by Gasteiger charge is -2.22. The van der Waals surface area contributed by atoms with Gasteiger partial charge in [0.2, 0.25) is 0 Å². The van der Waals surface area contributed by atoms with Gasteiger partial charge in [0.15, 0.2) is 5.96 Å². The van der Waals surface area contributed by atoms with Gasteiger partial charge in [0.1, 0.15) is 0 Å². The third-order valence-electron chi connectivity index (χ3n) is 4.35. The fourth-order valence-electron chi connectivity index (χ4n) is 2.92. The number of guanidine groups is 1. The molecule has 0 aromatic heterocycles. The largest absolute Gasteiger partial charge is 0.381 e. The van der Waals surface area contributed by atoms with Crippen LogP contribution in [0.25, 0.3) is 0 Å². The van der Waals surface area contributed by atoms with E-state index in [-0.39, 0.29) is 0 Å². The minimum absolute atomic E-state index is 0.328. The maximum Gasteiger partial charge on any atom is 0.191 e. The zero-order valence-corrected chi connectivity index (χ0v) is 15.6. The first kappa shape index (κ1) is 18.9. The lowest BCUT2D eigenvalue weighted by molar-refractivity contribution is -0.0320. The molecular formula is C17H33N3O2S. The van der Waals surface area contributed by atoms with Crippen LogP contribution < -0.4 is 10.6 Å². The van der Waals surface area contributed by atoms with Gasteiger partial charge in [-0.05, 0) is 51.7 Å². The molecule has 0 amide bonds. The molecule has 2 N–H and O–H groups in total. The number of rotatable bonds is 8. The molecular weight excluding hydrogens is 310 g/mol. The van der Waals surface area contributed by atoms with Crippen LogP contribution in [0.1, 0.15) is 46.0 Å². The summed E-state index contributed by atoms with van der Waals surface area (Å²) in [5.74, 6) is 2.21. The number of nitrogens with zero attached hydrogens (tertiary/aromatic N) is 1. The second-order valence-corrected chi connectivity index (χ2v) is 8.24. The van der Waals surface area contributed by atoms with E-state index in [2.05, 4.69) is 36.2 Å². The van der Waals surface area contributed by atoms with E-state index in [9.17, 15) is 0 Å². The van der Waals surface area contributed by atoms with Gasteiger partial charge in [-0.2, -0.15) is 11.8 Å². The zero-order valence-electron chi connectivity index (χ0n) is 14.7. The molecule has 0 saturated carbocycles. The van der Waals surface area contributed by atoms with Crippen molar-refractivity contribution in [3.05, 3.63) is 0 Å². The smallest absolute Gasteiger partial charge is 0.191 e. The minimum atomic E-state index is 0.328. The van der Waals surface area contributed by atoms with Crippen LogP contribution >= 0.6 is 11.8 Å². The van der Waals surface area contributed by atoms with Gasteiger partial charge >= 0.3 is 0 Å². The number of hydrogen-bond donors (Lipinski definition) is 2. The average Bonchev–Trinajstić information content (AvgIpc) is 3.00. The van der Waals surface area contributed by atoms with Crippen molar-refractivity contribution in [3.8, 4) is 0 Å². The van der Waals surface area contributed by atoms with Crippen molar-refractivity contribution in [3.63, 3.8) is 0 Å². The summed E-state index contributed by atoms with van der Waals surface area (Å²) < 4.78 is 11.6. The van der Waals surface area contributed by atoms with Gasteiger partial charge in [-0.3, -0.25) is 4.99 Å². The zero-order chi connectivity index (χ0) is 16.4. The van der Waals surface area contributed by atoms with Gasteiger partial charge in [-0.1, -0.05) is 0 Å². The molecule has 2 rings (SSSR count). The van der Waals surface area contributed by atoms with Gasteiger partial charge in [0, 0.05) is 37.7 Å². The number of thioether (sulfide) groups is 1. The van der Waals surface area contributed by atoms with Gasteiger partial charge in [0.25, 0.3) is 0 Å². The number of hydrogen-bond acceptors (Lipinski definition) is 4. The molecule has 0 aromatic carbocycles. The molecule has 1 atom stereocenters. The molecule has 2 saturated heterocycles. The van der Waals surface area contributed by atoms with Gasteiger partial charge in [-0.25, -0.2) is 0 Å². The monoisotopic (exact) mass is 343 g/mol. The van der Waals surface area contributed by atoms with Crippen molar-refractivity contribution >= 4 is 17.7 Å². The minimum Gasteiger partial charge on any atom is -0.381 e. The molecule has 0 aromatic rings. The van der Waals surface area contributed by atoms with Crippen LogP contribution in [0.2, 0.25) is 0 Å². The maximum absolute atomic E-state index is 5.90. The van der Waals surface area contributed by atoms with E-state index in [0.717, 1.165) is 64.7 Å². The standard InChI is InChI=1S/C17H33N3O2S/c1-3-18-16(20-14-17(2)8-4-13-23-17)19-9-5-10-22-15-6-11-21-12-7-15/h15H,3-14H2,1-2H3,(H2,18,19,20). The molecule has 6 heteroatoms. The summed E-state index contributed by atoms with van der Waals surface area (Å²) in [6.45, 7) is 9.63. The quantitative estimate of drug-likeness (QED) is 0.403. The predicted molar refractivity (Wildman–Crippen MR) is 98.5 cm³/mol. The predicted octanol–water partition coefficient (Wildman–Crippen LogP) is 2.41. The summed E-state index contributed by atoms with van der Waals surface area (Å²) in [4.78, 5) is 4.77. The molecule has 0 bridgehead atoms. The fourth-order valence-corrected chi connectivity index (χ4v) is 4.15. The second-order valence-electron chi connectivity index (χ2n) is 6.56. The van der Waals surface area contributed by atoms with Crippen LogP contribution in [-0.2, 0) is 9.47 Å². The van der Waals surface area contributed by atoms with Crippen molar-refractivity contribution in [2.24, 2.45) is 4.99 Å². The summed E-state index contributed by atoms with van der Waals surface area (Å²) in [6.07, 6.45) is 6.07. The Bertz CT molecular complexity index is 354. The van der Waals surface area contributed by atoms with Crippen molar-refractivity contribution in [2.45, 2.75) is 56.8 Å². The first-order valence-electron chi connectivity index (χ1n) is 9.07. The molecule has 0 spiro atoms. The normalized spacial score (nSPS) is 26.4. The van der Waals surface area contributed by atoms with Crippen LogP contribution in [0, 0.1) is 0 Å². The van der Waals surface area contributed by atoms with Crippen molar-refractivity contribution < 1.29 is 9.47 Å². The van der Waals surface area contributed by atoms with Crippen molar-refractivity contribution in [2.75, 3.05) is 45.2 Å². The lowest BCUT2D eigenvalue weighted by Crippen LogP contribution is -2.39. The van der Waals surface area contributed by atoms with E-state index in [4.69, 9.17) is 14.5 Å². The summed E-state index contributed by atoms with van der Waals surface area (Å²) in [5.41, 5.74) is 0. The Morgan fingerprint density at radius 3 is 2.87 bits per heavy atom. The summed E-state index contributed by atoms with van der Waals surface area (Å²) in [7, 11) is 0. The van der Waals surface area contributed by atoms with Gasteiger partial charge < -0.3 is 20.1 Å². The number of nitrogens with one attached hydrogen (secondary N) is 2. The Morgan fingerprint density at radius 1 is 1.35 bits per heavy atom. The molecule has 2 aliphatic rings. The molecule has 2 aliphatic heterocycles. The van der Waals surface area contributed by atoms with Crippen LogP contribution in [0.4, 0.5) is 0 Å². The first-order chi connectivity index (χ1) is 11.2. The first-order valence-corrected chi connectivity index (χ1v) is 10.1. The Hall–Kier alpha value is -0.460. The molecule has 23 heavy (non-hydrogen) atoms. The van der Waals surface area contributed by atoms with E-state index in [1.165, 1.54) is 18.6 Å². The van der Waals surface area contributed by atoms with E-state index in [1.807, 2.05) is 0 Å². The van der Waals surface area contributed by atoms with Gasteiger partial charge in [0.05, 0.1) is 12.6 Å². The van der Waals surface area contributed by atoms with Gasteiger partial charge in [-0.15, -0.1) is 0 Å². The maximum atomic E-state index is 5.90. The lowest BCUT2D eigenvalue weighted by atomic mass is 10.1. The third kappa shape index (κ3) is 7.31. The van der Waals surface area contributed by atoms with Crippen LogP contribution in [0.15, 0.2) is 4.99 Å². The Kier molecular flexibility index (Phi) is 8.55. The number of ether oxygens (including phenoxy) is 2. The van der Waals surface area contributed by atoms with Crippen molar-refractivity contribution in [1.29, 1.82) is 0 Å². The second kappa shape index (κ2) is 10.4. The molecule has 0 radical (unpaired) electrons. The number of aliphatic imine (C=N–C) groups is 1. The van der Waals surface area contributed by atoms with Crippen LogP contribution in [-0.4, -0.2) is 62.0 Å². The molecule has 0 aliphatic carbocycles. The topological polar surface area (TPSA) is 54.9 Å². The summed E-state index contributed by atoms with van der Waals surface area (Å²) in [6, 6.07) is 0. The highest BCUT2D eigenvalue weighted by Gasteiger charge is 2.29. The molecule has 2 heterocycles. The van der Waals surface area contributed by atoms with E-state index < -0.39 is 0 Å². The van der Waals surface area contributed by atoms with Crippen LogP contribution in [0.5, 0.6) is 0 Å². The van der Waals surface area contributed by atoms with Crippen LogP contribution in [0.3, 0.4) is 0 Å². The summed E-state index contributed by atoms with van der Waals surface area (Å²) >= 11 is 2.06. The highest BCUT2D eigenvalue weighted by atomic mass is 32.2. The van der Waals surface area contributed by atoms with E-state index in [0.29, 0.717) is 10.9 Å². The fraction of sp³-hybridized carbons (Fsp3) is 0.941. The Labute approximate surface area is 145 Å². The SMILES string of the molecule is CCNC(=NCC1(C)CCCS1)NCCCOC1CCOCC1. The molecule has 2 fully saturated rings. The highest BCUT2D eigenvalue weighted by Crippen LogP contribution is 2.37. The van der Waals surface area contributed by atoms with E-state index >= 15 is 0 Å². The molecule has 1 unspecified atom stereocenters. The molecule has 5 nitrogen and oxygen atoms in total. The Balaban J connectivity index is 1.61. The average molecular weight is 344 g/mol. The third-order valence-corrected chi connectivity index (χ3v) is 5.87. The Morgan fingerprint density at radius 2 is 2.17 bits per heavy atom.